The maximum atomic E-state index is 13.0. The Morgan fingerprint density at radius 1 is 0.974 bits per heavy atom. The molecule has 2 aromatic carbocycles. The number of urea groups is 1. The summed E-state index contributed by atoms with van der Waals surface area (Å²) in [6.07, 6.45) is -3.92. The molecule has 0 fully saturated rings. The Labute approximate surface area is 228 Å². The van der Waals surface area contributed by atoms with E-state index >= 15 is 0 Å². The summed E-state index contributed by atoms with van der Waals surface area (Å²) in [5.74, 6) is -0.111. The largest absolute Gasteiger partial charge is 0.416 e. The summed E-state index contributed by atoms with van der Waals surface area (Å²) < 4.78 is 40.0. The van der Waals surface area contributed by atoms with Crippen LogP contribution in [-0.2, 0) is 16.4 Å². The molecule has 0 aliphatic rings. The quantitative estimate of drug-likeness (QED) is 0.311. The van der Waals surface area contributed by atoms with E-state index in [9.17, 15) is 22.8 Å². The van der Waals surface area contributed by atoms with Crippen molar-refractivity contribution in [1.82, 2.24) is 14.7 Å². The third-order valence-electron chi connectivity index (χ3n) is 5.47. The van der Waals surface area contributed by atoms with E-state index in [0.717, 1.165) is 24.3 Å². The van der Waals surface area contributed by atoms with Crippen molar-refractivity contribution in [2.45, 2.75) is 45.7 Å². The number of carbonyl (C=O) groups excluding carboxylic acids is 2. The zero-order valence-corrected chi connectivity index (χ0v) is 22.8. The van der Waals surface area contributed by atoms with Gasteiger partial charge in [-0.25, -0.2) is 9.48 Å². The van der Waals surface area contributed by atoms with Crippen molar-refractivity contribution in [3.63, 3.8) is 0 Å². The van der Waals surface area contributed by atoms with Crippen LogP contribution in [0.2, 0.25) is 10.0 Å². The molecule has 2 N–H and O–H groups in total. The second-order valence-corrected chi connectivity index (χ2v) is 10.5. The van der Waals surface area contributed by atoms with Crippen molar-refractivity contribution >= 4 is 46.6 Å². The van der Waals surface area contributed by atoms with Crippen LogP contribution >= 0.6 is 23.2 Å². The number of nitrogens with zero attached hydrogens (tertiary/aromatic N) is 3. The van der Waals surface area contributed by atoms with Crippen molar-refractivity contribution < 1.29 is 22.8 Å². The SMILES string of the molecule is CCCN(CC(=O)Nc1cc(C(C)(C)C)nn1-c1ccc(Cl)c(Cl)c1)C(=O)Nc1ccc(C(F)(F)F)cc1. The molecule has 7 nitrogen and oxygen atoms in total. The lowest BCUT2D eigenvalue weighted by atomic mass is 9.92. The zero-order chi connectivity index (χ0) is 28.3. The summed E-state index contributed by atoms with van der Waals surface area (Å²) in [4.78, 5) is 27.1. The van der Waals surface area contributed by atoms with Crippen LogP contribution in [0.3, 0.4) is 0 Å². The van der Waals surface area contributed by atoms with E-state index in [0.29, 0.717) is 33.7 Å². The number of anilines is 2. The van der Waals surface area contributed by atoms with E-state index in [1.807, 2.05) is 27.7 Å². The first kappa shape index (κ1) is 29.3. The molecule has 1 heterocycles. The Morgan fingerprint density at radius 3 is 2.18 bits per heavy atom. The van der Waals surface area contributed by atoms with Gasteiger partial charge in [-0.2, -0.15) is 18.3 Å². The highest BCUT2D eigenvalue weighted by Gasteiger charge is 2.30. The van der Waals surface area contributed by atoms with Gasteiger partial charge < -0.3 is 15.5 Å². The van der Waals surface area contributed by atoms with E-state index in [1.165, 1.54) is 9.58 Å². The Kier molecular flexibility index (Phi) is 8.99. The van der Waals surface area contributed by atoms with E-state index in [-0.39, 0.29) is 24.2 Å². The van der Waals surface area contributed by atoms with Crippen LogP contribution in [0.15, 0.2) is 48.5 Å². The first-order chi connectivity index (χ1) is 17.7. The monoisotopic (exact) mass is 569 g/mol. The molecule has 1 aromatic heterocycles. The summed E-state index contributed by atoms with van der Waals surface area (Å²) in [6.45, 7) is 7.74. The van der Waals surface area contributed by atoms with Gasteiger partial charge in [-0.3, -0.25) is 4.79 Å². The summed E-state index contributed by atoms with van der Waals surface area (Å²) in [7, 11) is 0. The highest BCUT2D eigenvalue weighted by atomic mass is 35.5. The molecule has 204 valence electrons. The van der Waals surface area contributed by atoms with Crippen LogP contribution < -0.4 is 10.6 Å². The maximum absolute atomic E-state index is 13.0. The average molecular weight is 570 g/mol. The van der Waals surface area contributed by atoms with Gasteiger partial charge in [0.05, 0.1) is 27.0 Å². The number of hydrogen-bond acceptors (Lipinski definition) is 3. The number of aromatic nitrogens is 2. The number of carbonyl (C=O) groups is 2. The first-order valence-corrected chi connectivity index (χ1v) is 12.5. The van der Waals surface area contributed by atoms with Gasteiger partial charge in [0.25, 0.3) is 0 Å². The van der Waals surface area contributed by atoms with Crippen LogP contribution in [0.1, 0.15) is 45.4 Å². The molecule has 0 aliphatic carbocycles. The van der Waals surface area contributed by atoms with Gasteiger partial charge in [0, 0.05) is 23.7 Å². The predicted octanol–water partition coefficient (Wildman–Crippen LogP) is 7.38. The number of nitrogens with one attached hydrogen (secondary N) is 2. The number of benzene rings is 2. The lowest BCUT2D eigenvalue weighted by Gasteiger charge is -2.22. The van der Waals surface area contributed by atoms with Gasteiger partial charge in [-0.15, -0.1) is 0 Å². The molecule has 0 atom stereocenters. The molecule has 0 bridgehead atoms. The van der Waals surface area contributed by atoms with E-state index in [2.05, 4.69) is 15.7 Å². The molecule has 3 aromatic rings. The van der Waals surface area contributed by atoms with Crippen molar-refractivity contribution in [2.75, 3.05) is 23.7 Å². The number of rotatable bonds is 7. The second kappa shape index (κ2) is 11.7. The molecule has 3 amide bonds. The zero-order valence-electron chi connectivity index (χ0n) is 21.3. The fraction of sp³-hybridized carbons (Fsp3) is 0.346. The van der Waals surface area contributed by atoms with Crippen LogP contribution in [-0.4, -0.2) is 39.7 Å². The van der Waals surface area contributed by atoms with Gasteiger partial charge >= 0.3 is 12.2 Å². The van der Waals surface area contributed by atoms with Gasteiger partial charge in [-0.1, -0.05) is 50.9 Å². The predicted molar refractivity (Wildman–Crippen MR) is 143 cm³/mol. The van der Waals surface area contributed by atoms with Crippen molar-refractivity contribution in [1.29, 1.82) is 0 Å². The molecular weight excluding hydrogens is 542 g/mol. The van der Waals surface area contributed by atoms with E-state index in [1.54, 1.807) is 24.3 Å². The molecule has 12 heteroatoms. The van der Waals surface area contributed by atoms with Gasteiger partial charge in [-0.05, 0) is 48.9 Å². The van der Waals surface area contributed by atoms with Crippen molar-refractivity contribution in [2.24, 2.45) is 0 Å². The first-order valence-electron chi connectivity index (χ1n) is 11.8. The third kappa shape index (κ3) is 7.41. The van der Waals surface area contributed by atoms with Crippen LogP contribution in [0.4, 0.5) is 29.5 Å². The Balaban J connectivity index is 1.78. The molecule has 0 saturated carbocycles. The second-order valence-electron chi connectivity index (χ2n) is 9.65. The minimum absolute atomic E-state index is 0.178. The van der Waals surface area contributed by atoms with Crippen LogP contribution in [0.25, 0.3) is 5.69 Å². The summed E-state index contributed by atoms with van der Waals surface area (Å²) in [5, 5.41) is 10.7. The normalized spacial score (nSPS) is 11.8. The molecule has 0 aliphatic heterocycles. The molecular formula is C26H28Cl2F3N5O2. The standard InChI is InChI=1S/C26H28Cl2F3N5O2/c1-5-12-35(24(38)32-17-8-6-16(7-9-17)26(29,30)31)15-23(37)33-22-14-21(25(2,3)4)34-36(22)18-10-11-19(27)20(28)13-18/h6-11,13-14H,5,12,15H2,1-4H3,(H,32,38)(H,33,37). The average Bonchev–Trinajstić information content (AvgIpc) is 3.24. The molecule has 0 spiro atoms. The highest BCUT2D eigenvalue weighted by molar-refractivity contribution is 6.42. The number of halogens is 5. The van der Waals surface area contributed by atoms with E-state index < -0.39 is 23.7 Å². The van der Waals surface area contributed by atoms with Crippen molar-refractivity contribution in [3.8, 4) is 5.69 Å². The minimum atomic E-state index is -4.48. The summed E-state index contributed by atoms with van der Waals surface area (Å²) in [5.41, 5.74) is 0.321. The van der Waals surface area contributed by atoms with Gasteiger partial charge in [0.1, 0.15) is 12.4 Å². The number of amides is 3. The summed E-state index contributed by atoms with van der Waals surface area (Å²) in [6, 6.07) is 10.2. The van der Waals surface area contributed by atoms with E-state index in [4.69, 9.17) is 23.2 Å². The molecule has 3 rings (SSSR count). The molecule has 0 radical (unpaired) electrons. The highest BCUT2D eigenvalue weighted by Crippen LogP contribution is 2.31. The van der Waals surface area contributed by atoms with Gasteiger partial charge in [0.2, 0.25) is 5.91 Å². The molecule has 38 heavy (non-hydrogen) atoms. The maximum Gasteiger partial charge on any atom is 0.416 e. The smallest absolute Gasteiger partial charge is 0.315 e. The molecule has 0 unspecified atom stereocenters. The van der Waals surface area contributed by atoms with Gasteiger partial charge in [0.15, 0.2) is 0 Å². The Bertz CT molecular complexity index is 1300. The fourth-order valence-electron chi connectivity index (χ4n) is 3.47. The number of hydrogen-bond donors (Lipinski definition) is 2. The lowest BCUT2D eigenvalue weighted by Crippen LogP contribution is -2.41. The third-order valence-corrected chi connectivity index (χ3v) is 6.21. The number of alkyl halides is 3. The Hall–Kier alpha value is -3.24. The minimum Gasteiger partial charge on any atom is -0.315 e. The fourth-order valence-corrected chi connectivity index (χ4v) is 3.77. The van der Waals surface area contributed by atoms with Crippen molar-refractivity contribution in [3.05, 3.63) is 69.8 Å². The summed E-state index contributed by atoms with van der Waals surface area (Å²) >= 11 is 12.2. The van der Waals surface area contributed by atoms with Crippen LogP contribution in [0.5, 0.6) is 0 Å². The lowest BCUT2D eigenvalue weighted by molar-refractivity contribution is -0.137. The topological polar surface area (TPSA) is 79.3 Å². The van der Waals surface area contributed by atoms with Crippen LogP contribution in [0, 0.1) is 0 Å². The Morgan fingerprint density at radius 2 is 1.63 bits per heavy atom. The molecule has 0 saturated heterocycles.